The van der Waals surface area contributed by atoms with Gasteiger partial charge < -0.3 is 5.73 Å². The maximum absolute atomic E-state index is 6.40. The van der Waals surface area contributed by atoms with Gasteiger partial charge in [0.1, 0.15) is 0 Å². The molecule has 0 heterocycles. The van der Waals surface area contributed by atoms with E-state index in [4.69, 9.17) is 5.73 Å². The van der Waals surface area contributed by atoms with Gasteiger partial charge in [-0.2, -0.15) is 0 Å². The average Bonchev–Trinajstić information content (AvgIpc) is 2.34. The molecule has 2 N–H and O–H groups in total. The van der Waals surface area contributed by atoms with Crippen LogP contribution in [0, 0.1) is 11.8 Å². The first kappa shape index (κ1) is 14.0. The molecule has 0 bridgehead atoms. The van der Waals surface area contributed by atoms with Gasteiger partial charge in [-0.3, -0.25) is 0 Å². The molecule has 1 saturated carbocycles. The third kappa shape index (κ3) is 4.45. The molecule has 1 nitrogen and oxygen atoms in total. The molecule has 1 aliphatic carbocycles. The van der Waals surface area contributed by atoms with E-state index in [0.29, 0.717) is 6.04 Å². The molecule has 0 saturated heterocycles. The van der Waals surface area contributed by atoms with E-state index in [2.05, 4.69) is 13.8 Å². The van der Waals surface area contributed by atoms with Crippen molar-refractivity contribution in [3.05, 3.63) is 0 Å². The smallest absolute Gasteiger partial charge is 0.00698 e. The molecule has 0 aromatic heterocycles. The molecule has 3 atom stereocenters. The third-order valence-corrected chi connectivity index (χ3v) is 4.43. The van der Waals surface area contributed by atoms with Gasteiger partial charge in [-0.25, -0.2) is 0 Å². The van der Waals surface area contributed by atoms with Crippen molar-refractivity contribution in [1.29, 1.82) is 0 Å². The fourth-order valence-electron chi connectivity index (χ4n) is 3.33. The highest BCUT2D eigenvalue weighted by Crippen LogP contribution is 2.35. The lowest BCUT2D eigenvalue weighted by atomic mass is 9.73. The molecule has 96 valence electrons. The van der Waals surface area contributed by atoms with E-state index in [0.717, 1.165) is 11.8 Å². The monoisotopic (exact) mass is 225 g/mol. The highest BCUT2D eigenvalue weighted by molar-refractivity contribution is 4.82. The van der Waals surface area contributed by atoms with Crippen LogP contribution in [0.5, 0.6) is 0 Å². The second kappa shape index (κ2) is 8.11. The van der Waals surface area contributed by atoms with Gasteiger partial charge in [-0.05, 0) is 24.7 Å². The zero-order valence-electron chi connectivity index (χ0n) is 11.4. The number of hydrogen-bond donors (Lipinski definition) is 1. The van der Waals surface area contributed by atoms with Crippen molar-refractivity contribution in [2.75, 3.05) is 0 Å². The van der Waals surface area contributed by atoms with Crippen molar-refractivity contribution in [1.82, 2.24) is 0 Å². The Balaban J connectivity index is 2.24. The Morgan fingerprint density at radius 1 is 1.06 bits per heavy atom. The molecule has 1 heteroatoms. The molecule has 1 rings (SSSR count). The van der Waals surface area contributed by atoms with Gasteiger partial charge in [0.25, 0.3) is 0 Å². The fourth-order valence-corrected chi connectivity index (χ4v) is 3.33. The Morgan fingerprint density at radius 2 is 1.81 bits per heavy atom. The first-order valence-electron chi connectivity index (χ1n) is 7.55. The third-order valence-electron chi connectivity index (χ3n) is 4.43. The molecular formula is C15H31N. The second-order valence-corrected chi connectivity index (χ2v) is 5.63. The largest absolute Gasteiger partial charge is 0.327 e. The molecule has 3 unspecified atom stereocenters. The van der Waals surface area contributed by atoms with Crippen LogP contribution in [-0.2, 0) is 0 Å². The Hall–Kier alpha value is -0.0400. The predicted octanol–water partition coefficient (Wildman–Crippen LogP) is 4.50. The molecule has 0 radical (unpaired) electrons. The summed E-state index contributed by atoms with van der Waals surface area (Å²) in [7, 11) is 0. The minimum atomic E-state index is 0.488. The van der Waals surface area contributed by atoms with Gasteiger partial charge in [-0.15, -0.1) is 0 Å². The van der Waals surface area contributed by atoms with Crippen LogP contribution < -0.4 is 5.73 Å². The number of rotatable bonds is 7. The predicted molar refractivity (Wildman–Crippen MR) is 72.5 cm³/mol. The molecule has 0 aromatic rings. The molecule has 16 heavy (non-hydrogen) atoms. The Labute approximate surface area is 102 Å². The van der Waals surface area contributed by atoms with Gasteiger partial charge >= 0.3 is 0 Å². The van der Waals surface area contributed by atoms with Crippen LogP contribution in [0.3, 0.4) is 0 Å². The van der Waals surface area contributed by atoms with Crippen molar-refractivity contribution in [3.8, 4) is 0 Å². The Morgan fingerprint density at radius 3 is 2.50 bits per heavy atom. The summed E-state index contributed by atoms with van der Waals surface area (Å²) in [4.78, 5) is 0. The van der Waals surface area contributed by atoms with Crippen LogP contribution >= 0.6 is 0 Å². The molecular weight excluding hydrogens is 194 g/mol. The molecule has 0 aliphatic heterocycles. The molecule has 1 fully saturated rings. The van der Waals surface area contributed by atoms with Crippen LogP contribution in [0.25, 0.3) is 0 Å². The minimum absolute atomic E-state index is 0.488. The zero-order chi connectivity index (χ0) is 11.8. The van der Waals surface area contributed by atoms with Crippen molar-refractivity contribution < 1.29 is 0 Å². The molecule has 0 aromatic carbocycles. The first-order valence-corrected chi connectivity index (χ1v) is 7.55. The second-order valence-electron chi connectivity index (χ2n) is 5.63. The van der Waals surface area contributed by atoms with E-state index in [1.165, 1.54) is 64.2 Å². The summed E-state index contributed by atoms with van der Waals surface area (Å²) in [6.45, 7) is 4.61. The van der Waals surface area contributed by atoms with E-state index in [9.17, 15) is 0 Å². The minimum Gasteiger partial charge on any atom is -0.327 e. The van der Waals surface area contributed by atoms with Crippen LogP contribution in [0.2, 0.25) is 0 Å². The maximum atomic E-state index is 6.40. The van der Waals surface area contributed by atoms with Gasteiger partial charge in [0.2, 0.25) is 0 Å². The summed E-state index contributed by atoms with van der Waals surface area (Å²) in [5.41, 5.74) is 6.40. The van der Waals surface area contributed by atoms with Gasteiger partial charge in [0, 0.05) is 6.04 Å². The van der Waals surface area contributed by atoms with Crippen LogP contribution in [0.15, 0.2) is 0 Å². The van der Waals surface area contributed by atoms with Crippen molar-refractivity contribution in [2.24, 2.45) is 17.6 Å². The van der Waals surface area contributed by atoms with Crippen LogP contribution in [-0.4, -0.2) is 6.04 Å². The number of nitrogens with two attached hydrogens (primary N) is 1. The lowest BCUT2D eigenvalue weighted by molar-refractivity contribution is 0.188. The molecule has 0 spiro atoms. The standard InChI is InChI=1S/C15H31N/c1-3-5-6-7-12-15(16)14-11-9-8-10-13(14)4-2/h13-15H,3-12,16H2,1-2H3. The van der Waals surface area contributed by atoms with E-state index < -0.39 is 0 Å². The van der Waals surface area contributed by atoms with E-state index in [-0.39, 0.29) is 0 Å². The summed E-state index contributed by atoms with van der Waals surface area (Å²) >= 11 is 0. The first-order chi connectivity index (χ1) is 7.79. The summed E-state index contributed by atoms with van der Waals surface area (Å²) in [6, 6.07) is 0.488. The van der Waals surface area contributed by atoms with Crippen molar-refractivity contribution in [3.63, 3.8) is 0 Å². The highest BCUT2D eigenvalue weighted by Gasteiger charge is 2.28. The van der Waals surface area contributed by atoms with E-state index in [1.54, 1.807) is 0 Å². The highest BCUT2D eigenvalue weighted by atomic mass is 14.7. The SMILES string of the molecule is CCCCCCC(N)C1CCCCC1CC. The summed E-state index contributed by atoms with van der Waals surface area (Å²) < 4.78 is 0. The Kier molecular flexibility index (Phi) is 7.11. The number of unbranched alkanes of at least 4 members (excludes halogenated alkanes) is 3. The zero-order valence-corrected chi connectivity index (χ0v) is 11.4. The van der Waals surface area contributed by atoms with Gasteiger partial charge in [0.05, 0.1) is 0 Å². The Bertz CT molecular complexity index is 167. The van der Waals surface area contributed by atoms with Crippen molar-refractivity contribution in [2.45, 2.75) is 84.1 Å². The maximum Gasteiger partial charge on any atom is 0.00698 e. The van der Waals surface area contributed by atoms with E-state index in [1.807, 2.05) is 0 Å². The quantitative estimate of drug-likeness (QED) is 0.634. The van der Waals surface area contributed by atoms with Crippen LogP contribution in [0.4, 0.5) is 0 Å². The number of hydrogen-bond acceptors (Lipinski definition) is 1. The fraction of sp³-hybridized carbons (Fsp3) is 1.00. The van der Waals surface area contributed by atoms with Gasteiger partial charge in [0.15, 0.2) is 0 Å². The average molecular weight is 225 g/mol. The normalized spacial score (nSPS) is 27.9. The van der Waals surface area contributed by atoms with Gasteiger partial charge in [-0.1, -0.05) is 65.2 Å². The topological polar surface area (TPSA) is 26.0 Å². The summed E-state index contributed by atoms with van der Waals surface area (Å²) in [6.07, 6.45) is 13.7. The molecule has 0 amide bonds. The summed E-state index contributed by atoms with van der Waals surface area (Å²) in [5, 5.41) is 0. The van der Waals surface area contributed by atoms with E-state index >= 15 is 0 Å². The van der Waals surface area contributed by atoms with Crippen LogP contribution in [0.1, 0.15) is 78.1 Å². The lowest BCUT2D eigenvalue weighted by Crippen LogP contribution is -2.36. The summed E-state index contributed by atoms with van der Waals surface area (Å²) in [5.74, 6) is 1.76. The van der Waals surface area contributed by atoms with Crippen molar-refractivity contribution >= 4 is 0 Å². The molecule has 1 aliphatic rings. The lowest BCUT2D eigenvalue weighted by Gasteiger charge is -2.35.